The molecular formula is C19H24BrNO3. The maximum Gasteiger partial charge on any atom is 0.258 e. The van der Waals surface area contributed by atoms with Gasteiger partial charge in [-0.05, 0) is 54.2 Å². The fraction of sp³-hybridized carbons (Fsp3) is 0.579. The van der Waals surface area contributed by atoms with Gasteiger partial charge in [0.05, 0.1) is 5.56 Å². The largest absolute Gasteiger partial charge is 0.483 e. The lowest BCUT2D eigenvalue weighted by Gasteiger charge is -2.39. The van der Waals surface area contributed by atoms with E-state index < -0.39 is 0 Å². The maximum absolute atomic E-state index is 12.3. The lowest BCUT2D eigenvalue weighted by atomic mass is 9.69. The van der Waals surface area contributed by atoms with E-state index in [2.05, 4.69) is 42.0 Å². The van der Waals surface area contributed by atoms with Crippen LogP contribution in [0.25, 0.3) is 0 Å². The van der Waals surface area contributed by atoms with Crippen molar-refractivity contribution < 1.29 is 14.3 Å². The summed E-state index contributed by atoms with van der Waals surface area (Å²) < 4.78 is 6.36. The molecule has 1 N–H and O–H groups in total. The van der Waals surface area contributed by atoms with Gasteiger partial charge in [-0.25, -0.2) is 0 Å². The van der Waals surface area contributed by atoms with Gasteiger partial charge in [0.25, 0.3) is 5.91 Å². The van der Waals surface area contributed by atoms with Crippen LogP contribution in [0.5, 0.6) is 5.75 Å². The Morgan fingerprint density at radius 3 is 2.75 bits per heavy atom. The van der Waals surface area contributed by atoms with Crippen molar-refractivity contribution >= 4 is 28.1 Å². The third-order valence-corrected chi connectivity index (χ3v) is 7.08. The van der Waals surface area contributed by atoms with E-state index in [1.165, 1.54) is 12.8 Å². The minimum absolute atomic E-state index is 0.0693. The third kappa shape index (κ3) is 2.77. The molecular weight excluding hydrogens is 370 g/mol. The van der Waals surface area contributed by atoms with Crippen molar-refractivity contribution in [2.75, 3.05) is 6.61 Å². The Labute approximate surface area is 151 Å². The predicted octanol–water partition coefficient (Wildman–Crippen LogP) is 3.97. The van der Waals surface area contributed by atoms with Gasteiger partial charge in [-0.2, -0.15) is 0 Å². The lowest BCUT2D eigenvalue weighted by Crippen LogP contribution is -2.48. The summed E-state index contributed by atoms with van der Waals surface area (Å²) in [6.45, 7) is 6.88. The zero-order valence-electron chi connectivity index (χ0n) is 14.4. The van der Waals surface area contributed by atoms with Crippen molar-refractivity contribution in [3.05, 3.63) is 28.2 Å². The van der Waals surface area contributed by atoms with Crippen LogP contribution in [0.4, 0.5) is 0 Å². The number of hydrogen-bond donors (Lipinski definition) is 1. The molecule has 3 rings (SSSR count). The molecule has 1 aromatic carbocycles. The molecule has 2 saturated carbocycles. The summed E-state index contributed by atoms with van der Waals surface area (Å²) in [6, 6.07) is 5.38. The van der Waals surface area contributed by atoms with Crippen molar-refractivity contribution in [2.45, 2.75) is 46.1 Å². The molecule has 1 amide bonds. The van der Waals surface area contributed by atoms with Gasteiger partial charge in [-0.15, -0.1) is 0 Å². The van der Waals surface area contributed by atoms with Crippen LogP contribution >= 0.6 is 15.9 Å². The first-order valence-corrected chi connectivity index (χ1v) is 9.24. The number of ether oxygens (including phenoxy) is 1. The Bertz CT molecular complexity index is 673. The molecule has 0 spiro atoms. The Balaban J connectivity index is 1.61. The normalized spacial score (nSPS) is 30.2. The molecule has 24 heavy (non-hydrogen) atoms. The van der Waals surface area contributed by atoms with Gasteiger partial charge in [-0.3, -0.25) is 9.59 Å². The number of amides is 1. The van der Waals surface area contributed by atoms with Gasteiger partial charge >= 0.3 is 0 Å². The van der Waals surface area contributed by atoms with Gasteiger partial charge in [-0.1, -0.05) is 36.7 Å². The molecule has 3 atom stereocenters. The summed E-state index contributed by atoms with van der Waals surface area (Å²) in [5.74, 6) is 0.994. The number of fused-ring (bicyclic) bond motifs is 2. The van der Waals surface area contributed by atoms with Crippen LogP contribution in [0.1, 0.15) is 50.4 Å². The summed E-state index contributed by atoms with van der Waals surface area (Å²) in [4.78, 5) is 23.4. The zero-order chi connectivity index (χ0) is 17.5. The Kier molecular flexibility index (Phi) is 4.49. The second-order valence-electron chi connectivity index (χ2n) is 7.82. The highest BCUT2D eigenvalue weighted by Gasteiger charge is 2.61. The highest BCUT2D eigenvalue weighted by Crippen LogP contribution is 2.65. The van der Waals surface area contributed by atoms with Gasteiger partial charge in [0.2, 0.25) is 0 Å². The van der Waals surface area contributed by atoms with E-state index in [4.69, 9.17) is 4.74 Å². The molecule has 2 fully saturated rings. The van der Waals surface area contributed by atoms with E-state index in [-0.39, 0.29) is 29.4 Å². The number of hydrogen-bond acceptors (Lipinski definition) is 3. The van der Waals surface area contributed by atoms with E-state index >= 15 is 0 Å². The maximum atomic E-state index is 12.3. The molecule has 4 nitrogen and oxygen atoms in total. The number of nitrogens with one attached hydrogen (secondary N) is 1. The molecule has 2 aliphatic carbocycles. The van der Waals surface area contributed by atoms with E-state index in [0.717, 1.165) is 17.2 Å². The smallest absolute Gasteiger partial charge is 0.258 e. The fourth-order valence-corrected chi connectivity index (χ4v) is 4.92. The van der Waals surface area contributed by atoms with Crippen LogP contribution in [0.2, 0.25) is 0 Å². The minimum Gasteiger partial charge on any atom is -0.483 e. The number of rotatable bonds is 5. The van der Waals surface area contributed by atoms with Crippen molar-refractivity contribution in [1.82, 2.24) is 5.32 Å². The molecule has 0 radical (unpaired) electrons. The molecule has 1 aromatic rings. The summed E-state index contributed by atoms with van der Waals surface area (Å²) in [6.07, 6.45) is 4.21. The van der Waals surface area contributed by atoms with Gasteiger partial charge in [0.15, 0.2) is 12.9 Å². The van der Waals surface area contributed by atoms with E-state index in [1.807, 2.05) is 0 Å². The number of benzene rings is 1. The molecule has 5 heteroatoms. The zero-order valence-corrected chi connectivity index (χ0v) is 16.0. The second kappa shape index (κ2) is 6.17. The quantitative estimate of drug-likeness (QED) is 0.769. The highest BCUT2D eigenvalue weighted by atomic mass is 79.9. The lowest BCUT2D eigenvalue weighted by molar-refractivity contribution is -0.124. The van der Waals surface area contributed by atoms with Crippen LogP contribution < -0.4 is 10.1 Å². The van der Waals surface area contributed by atoms with Crippen molar-refractivity contribution in [2.24, 2.45) is 16.7 Å². The Morgan fingerprint density at radius 1 is 1.42 bits per heavy atom. The summed E-state index contributed by atoms with van der Waals surface area (Å²) in [7, 11) is 0. The number of carbonyl (C=O) groups is 2. The molecule has 0 aromatic heterocycles. The van der Waals surface area contributed by atoms with Crippen molar-refractivity contribution in [1.29, 1.82) is 0 Å². The first kappa shape index (κ1) is 17.5. The van der Waals surface area contributed by atoms with Crippen LogP contribution in [-0.2, 0) is 4.79 Å². The first-order valence-electron chi connectivity index (χ1n) is 8.45. The molecule has 0 aliphatic heterocycles. The van der Waals surface area contributed by atoms with E-state index in [9.17, 15) is 9.59 Å². The number of aldehydes is 1. The summed E-state index contributed by atoms with van der Waals surface area (Å²) in [5, 5.41) is 3.16. The Hall–Kier alpha value is -1.36. The van der Waals surface area contributed by atoms with Gasteiger partial charge < -0.3 is 10.1 Å². The van der Waals surface area contributed by atoms with Crippen LogP contribution in [0.15, 0.2) is 22.7 Å². The summed E-state index contributed by atoms with van der Waals surface area (Å²) >= 11 is 3.32. The molecule has 2 bridgehead atoms. The highest BCUT2D eigenvalue weighted by molar-refractivity contribution is 9.10. The molecule has 3 unspecified atom stereocenters. The van der Waals surface area contributed by atoms with Crippen LogP contribution in [-0.4, -0.2) is 24.8 Å². The average Bonchev–Trinajstić information content (AvgIpc) is 2.87. The third-order valence-electron chi connectivity index (χ3n) is 6.59. The van der Waals surface area contributed by atoms with Gasteiger partial charge in [0, 0.05) is 10.5 Å². The van der Waals surface area contributed by atoms with E-state index in [1.54, 1.807) is 18.2 Å². The van der Waals surface area contributed by atoms with Crippen molar-refractivity contribution in [3.8, 4) is 5.75 Å². The number of carbonyl (C=O) groups excluding carboxylic acids is 2. The number of halogens is 1. The van der Waals surface area contributed by atoms with Gasteiger partial charge in [0.1, 0.15) is 5.75 Å². The standard InChI is InChI=1S/C19H24BrNO3/c1-18(2)13-6-7-19(18,3)16(9-13)21-17(23)11-24-15-5-4-14(20)8-12(15)10-22/h4-5,8,10,13,16H,6-7,9,11H2,1-3H3,(H,21,23). The molecule has 130 valence electrons. The SMILES string of the molecule is CC1(C)C2CCC1(C)C(NC(=O)COc1ccc(Br)cc1C=O)C2. The molecule has 2 aliphatic rings. The topological polar surface area (TPSA) is 55.4 Å². The Morgan fingerprint density at radius 2 is 2.17 bits per heavy atom. The summed E-state index contributed by atoms with van der Waals surface area (Å²) in [5.41, 5.74) is 0.853. The van der Waals surface area contributed by atoms with Crippen LogP contribution in [0, 0.1) is 16.7 Å². The van der Waals surface area contributed by atoms with Crippen LogP contribution in [0.3, 0.4) is 0 Å². The molecule has 0 saturated heterocycles. The average molecular weight is 394 g/mol. The first-order chi connectivity index (χ1) is 11.3. The monoisotopic (exact) mass is 393 g/mol. The minimum atomic E-state index is -0.121. The van der Waals surface area contributed by atoms with E-state index in [0.29, 0.717) is 17.2 Å². The predicted molar refractivity (Wildman–Crippen MR) is 96.2 cm³/mol. The fourth-order valence-electron chi connectivity index (χ4n) is 4.54. The second-order valence-corrected chi connectivity index (χ2v) is 8.73. The van der Waals surface area contributed by atoms with Crippen molar-refractivity contribution in [3.63, 3.8) is 0 Å². The molecule has 0 heterocycles.